The summed E-state index contributed by atoms with van der Waals surface area (Å²) in [5, 5.41) is 0.812. The molecule has 1 aliphatic heterocycles. The Morgan fingerprint density at radius 1 is 1.29 bits per heavy atom. The molecule has 2 aromatic rings. The minimum absolute atomic E-state index is 0.139. The summed E-state index contributed by atoms with van der Waals surface area (Å²) in [4.78, 5) is 22.5. The van der Waals surface area contributed by atoms with Crippen LogP contribution in [0.3, 0.4) is 0 Å². The van der Waals surface area contributed by atoms with Gasteiger partial charge in [-0.15, -0.1) is 0 Å². The smallest absolute Gasteiger partial charge is 0.231 e. The van der Waals surface area contributed by atoms with Gasteiger partial charge in [-0.3, -0.25) is 14.6 Å². The maximum atomic E-state index is 13.4. The molecule has 0 spiro atoms. The van der Waals surface area contributed by atoms with Crippen LogP contribution < -0.4 is 9.64 Å². The zero-order valence-corrected chi connectivity index (χ0v) is 17.4. The number of aromatic nitrogens is 1. The number of morpholine rings is 1. The van der Waals surface area contributed by atoms with E-state index in [4.69, 9.17) is 14.5 Å². The second-order valence-electron chi connectivity index (χ2n) is 7.61. The van der Waals surface area contributed by atoms with Crippen LogP contribution in [-0.2, 0) is 9.53 Å². The number of carbonyl (C=O) groups is 1. The molecule has 2 heterocycles. The molecule has 1 aliphatic carbocycles. The number of thiazole rings is 1. The van der Waals surface area contributed by atoms with Gasteiger partial charge in [0.15, 0.2) is 5.13 Å². The fourth-order valence-electron chi connectivity index (χ4n) is 4.07. The van der Waals surface area contributed by atoms with Crippen molar-refractivity contribution in [2.75, 3.05) is 51.4 Å². The van der Waals surface area contributed by atoms with Gasteiger partial charge in [0, 0.05) is 38.2 Å². The number of fused-ring (bicyclic) bond motifs is 1. The van der Waals surface area contributed by atoms with Gasteiger partial charge in [-0.05, 0) is 25.0 Å². The number of methoxy groups -OCH3 is 1. The first kappa shape index (κ1) is 19.6. The molecule has 1 saturated carbocycles. The molecular formula is C21H29N3O3S. The Kier molecular flexibility index (Phi) is 6.44. The van der Waals surface area contributed by atoms with Crippen LogP contribution in [0.25, 0.3) is 10.2 Å². The average Bonchev–Trinajstić information content (AvgIpc) is 3.18. The molecule has 1 amide bonds. The van der Waals surface area contributed by atoms with Crippen molar-refractivity contribution >= 4 is 32.6 Å². The molecule has 0 radical (unpaired) electrons. The van der Waals surface area contributed by atoms with Gasteiger partial charge in [0.05, 0.1) is 30.5 Å². The maximum Gasteiger partial charge on any atom is 0.231 e. The minimum Gasteiger partial charge on any atom is -0.497 e. The number of amides is 1. The third-order valence-corrected chi connectivity index (χ3v) is 6.84. The van der Waals surface area contributed by atoms with E-state index in [0.717, 1.165) is 79.6 Å². The van der Waals surface area contributed by atoms with Crippen LogP contribution in [0.5, 0.6) is 5.75 Å². The second kappa shape index (κ2) is 9.20. The van der Waals surface area contributed by atoms with E-state index >= 15 is 0 Å². The molecule has 6 nitrogen and oxygen atoms in total. The van der Waals surface area contributed by atoms with Crippen molar-refractivity contribution in [3.63, 3.8) is 0 Å². The zero-order chi connectivity index (χ0) is 19.3. The van der Waals surface area contributed by atoms with Gasteiger partial charge in [0.25, 0.3) is 0 Å². The lowest BCUT2D eigenvalue weighted by Gasteiger charge is -2.31. The number of carbonyl (C=O) groups excluding carboxylic acids is 1. The highest BCUT2D eigenvalue weighted by molar-refractivity contribution is 7.22. The van der Waals surface area contributed by atoms with E-state index in [2.05, 4.69) is 4.90 Å². The van der Waals surface area contributed by atoms with Crippen LogP contribution in [0.15, 0.2) is 18.2 Å². The van der Waals surface area contributed by atoms with Crippen molar-refractivity contribution in [1.82, 2.24) is 9.88 Å². The highest BCUT2D eigenvalue weighted by atomic mass is 32.1. The summed E-state index contributed by atoms with van der Waals surface area (Å²) in [5.41, 5.74) is 0.896. The van der Waals surface area contributed by atoms with Crippen LogP contribution in [0.4, 0.5) is 5.13 Å². The minimum atomic E-state index is 0.139. The number of nitrogens with zero attached hydrogens (tertiary/aromatic N) is 3. The number of anilines is 1. The molecule has 2 fully saturated rings. The van der Waals surface area contributed by atoms with Gasteiger partial charge in [0.1, 0.15) is 5.75 Å². The summed E-state index contributed by atoms with van der Waals surface area (Å²) in [6.07, 6.45) is 5.57. The van der Waals surface area contributed by atoms with E-state index in [1.165, 1.54) is 6.42 Å². The van der Waals surface area contributed by atoms with Gasteiger partial charge < -0.3 is 9.47 Å². The molecule has 0 atom stereocenters. The van der Waals surface area contributed by atoms with Crippen LogP contribution in [-0.4, -0.2) is 62.3 Å². The van der Waals surface area contributed by atoms with Gasteiger partial charge >= 0.3 is 0 Å². The Labute approximate surface area is 170 Å². The third kappa shape index (κ3) is 4.47. The first-order valence-electron chi connectivity index (χ1n) is 10.3. The zero-order valence-electron chi connectivity index (χ0n) is 16.6. The predicted octanol–water partition coefficient (Wildman–Crippen LogP) is 3.55. The fourth-order valence-corrected chi connectivity index (χ4v) is 5.05. The van der Waals surface area contributed by atoms with Crippen molar-refractivity contribution in [2.45, 2.75) is 32.1 Å². The molecular weight excluding hydrogens is 374 g/mol. The lowest BCUT2D eigenvalue weighted by atomic mass is 9.88. The molecule has 7 heteroatoms. The normalized spacial score (nSPS) is 19.0. The van der Waals surface area contributed by atoms with Crippen LogP contribution in [0.2, 0.25) is 0 Å². The molecule has 0 bridgehead atoms. The van der Waals surface area contributed by atoms with Crippen LogP contribution in [0.1, 0.15) is 32.1 Å². The standard InChI is InChI=1S/C21H29N3O3S/c1-26-17-7-8-19-18(15-17)22-21(28-19)24(10-9-23-11-13-27-14-12-23)20(25)16-5-3-2-4-6-16/h7-8,15-16H,2-6,9-14H2,1H3. The number of benzene rings is 1. The summed E-state index contributed by atoms with van der Waals surface area (Å²) < 4.78 is 11.9. The van der Waals surface area contributed by atoms with E-state index in [1.807, 2.05) is 23.1 Å². The lowest BCUT2D eigenvalue weighted by molar-refractivity contribution is -0.123. The highest BCUT2D eigenvalue weighted by Gasteiger charge is 2.29. The number of ether oxygens (including phenoxy) is 2. The largest absolute Gasteiger partial charge is 0.497 e. The van der Waals surface area contributed by atoms with Crippen molar-refractivity contribution < 1.29 is 14.3 Å². The summed E-state index contributed by atoms with van der Waals surface area (Å²) in [7, 11) is 1.66. The van der Waals surface area contributed by atoms with Crippen molar-refractivity contribution in [1.29, 1.82) is 0 Å². The van der Waals surface area contributed by atoms with Gasteiger partial charge in [0.2, 0.25) is 5.91 Å². The number of hydrogen-bond acceptors (Lipinski definition) is 6. The van der Waals surface area contributed by atoms with E-state index < -0.39 is 0 Å². The number of rotatable bonds is 6. The Morgan fingerprint density at radius 3 is 2.82 bits per heavy atom. The van der Waals surface area contributed by atoms with Gasteiger partial charge in [-0.1, -0.05) is 30.6 Å². The molecule has 1 aromatic heterocycles. The first-order chi connectivity index (χ1) is 13.7. The molecule has 152 valence electrons. The van der Waals surface area contributed by atoms with Crippen molar-refractivity contribution in [2.24, 2.45) is 5.92 Å². The molecule has 2 aliphatic rings. The fraction of sp³-hybridized carbons (Fsp3) is 0.619. The summed E-state index contributed by atoms with van der Waals surface area (Å²) in [6.45, 7) is 4.97. The quantitative estimate of drug-likeness (QED) is 0.738. The van der Waals surface area contributed by atoms with Crippen LogP contribution >= 0.6 is 11.3 Å². The van der Waals surface area contributed by atoms with E-state index in [1.54, 1.807) is 18.4 Å². The Bertz CT molecular complexity index is 797. The second-order valence-corrected chi connectivity index (χ2v) is 8.62. The van der Waals surface area contributed by atoms with Gasteiger partial charge in [-0.25, -0.2) is 4.98 Å². The molecule has 28 heavy (non-hydrogen) atoms. The molecule has 4 rings (SSSR count). The topological polar surface area (TPSA) is 54.9 Å². The third-order valence-electron chi connectivity index (χ3n) is 5.78. The number of hydrogen-bond donors (Lipinski definition) is 0. The predicted molar refractivity (Wildman–Crippen MR) is 112 cm³/mol. The van der Waals surface area contributed by atoms with E-state index in [-0.39, 0.29) is 11.8 Å². The SMILES string of the molecule is COc1ccc2sc(N(CCN3CCOCC3)C(=O)C3CCCCC3)nc2c1. The van der Waals surface area contributed by atoms with E-state index in [0.29, 0.717) is 6.54 Å². The Morgan fingerprint density at radius 2 is 2.07 bits per heavy atom. The molecule has 1 saturated heterocycles. The summed E-state index contributed by atoms with van der Waals surface area (Å²) in [6, 6.07) is 5.92. The molecule has 0 N–H and O–H groups in total. The van der Waals surface area contributed by atoms with Crippen molar-refractivity contribution in [3.8, 4) is 5.75 Å². The highest BCUT2D eigenvalue weighted by Crippen LogP contribution is 2.33. The Hall–Kier alpha value is -1.70. The summed E-state index contributed by atoms with van der Waals surface area (Å²) in [5.74, 6) is 1.18. The van der Waals surface area contributed by atoms with E-state index in [9.17, 15) is 4.79 Å². The Balaban J connectivity index is 1.56. The molecule has 0 unspecified atom stereocenters. The average molecular weight is 404 g/mol. The maximum absolute atomic E-state index is 13.4. The van der Waals surface area contributed by atoms with Gasteiger partial charge in [-0.2, -0.15) is 0 Å². The monoisotopic (exact) mass is 403 g/mol. The van der Waals surface area contributed by atoms with Crippen molar-refractivity contribution in [3.05, 3.63) is 18.2 Å². The molecule has 1 aromatic carbocycles. The van der Waals surface area contributed by atoms with Crippen LogP contribution in [0, 0.1) is 5.92 Å². The lowest BCUT2D eigenvalue weighted by Crippen LogP contribution is -2.45. The summed E-state index contributed by atoms with van der Waals surface area (Å²) >= 11 is 1.60. The first-order valence-corrected chi connectivity index (χ1v) is 11.1.